The van der Waals surface area contributed by atoms with Crippen LogP contribution >= 0.6 is 0 Å². The standard InChI is InChI=1S/C45H34O/c46-45(44-27-15-14-26-43(44)37-20-8-3-9-21-37)40-31-33(29-38-22-10-12-24-41(38)35-16-4-1-5-17-35)28-34(32-40)30-39-23-11-13-25-42(39)36-18-6-2-7-19-36/h1-28,31-32H,29-30H2. The van der Waals surface area contributed by atoms with Gasteiger partial charge in [-0.2, -0.15) is 0 Å². The van der Waals surface area contributed by atoms with Crippen LogP contribution in [0.15, 0.2) is 182 Å². The van der Waals surface area contributed by atoms with E-state index in [-0.39, 0.29) is 5.78 Å². The van der Waals surface area contributed by atoms with Crippen molar-refractivity contribution in [3.05, 3.63) is 215 Å². The SMILES string of the molecule is O=C(c1cc(Cc2ccccc2-c2ccccc2)cc(Cc2ccccc2-c2ccccc2)c1)c1ccccc1-c1ccccc1. The zero-order chi connectivity index (χ0) is 31.1. The highest BCUT2D eigenvalue weighted by Crippen LogP contribution is 2.31. The van der Waals surface area contributed by atoms with E-state index >= 15 is 0 Å². The van der Waals surface area contributed by atoms with E-state index in [1.54, 1.807) is 0 Å². The average molecular weight is 591 g/mol. The molecule has 0 bridgehead atoms. The van der Waals surface area contributed by atoms with Crippen molar-refractivity contribution in [1.29, 1.82) is 0 Å². The van der Waals surface area contributed by atoms with E-state index in [9.17, 15) is 4.79 Å². The van der Waals surface area contributed by atoms with Crippen LogP contribution in [-0.2, 0) is 12.8 Å². The summed E-state index contributed by atoms with van der Waals surface area (Å²) in [6.45, 7) is 0. The van der Waals surface area contributed by atoms with Crippen LogP contribution in [0.5, 0.6) is 0 Å². The maximum atomic E-state index is 14.4. The smallest absolute Gasteiger partial charge is 0.193 e. The fourth-order valence-corrected chi connectivity index (χ4v) is 6.39. The van der Waals surface area contributed by atoms with E-state index in [2.05, 4.69) is 127 Å². The Hall–Kier alpha value is -5.79. The third kappa shape index (κ3) is 6.36. The Balaban J connectivity index is 1.33. The van der Waals surface area contributed by atoms with Gasteiger partial charge < -0.3 is 0 Å². The molecule has 1 heteroatoms. The van der Waals surface area contributed by atoms with Gasteiger partial charge in [0.2, 0.25) is 0 Å². The summed E-state index contributed by atoms with van der Waals surface area (Å²) in [6.07, 6.45) is 1.44. The highest BCUT2D eigenvalue weighted by atomic mass is 16.1. The second-order valence-electron chi connectivity index (χ2n) is 11.7. The molecule has 1 nitrogen and oxygen atoms in total. The van der Waals surface area contributed by atoms with Gasteiger partial charge in [0.05, 0.1) is 0 Å². The van der Waals surface area contributed by atoms with Gasteiger partial charge in [0.1, 0.15) is 0 Å². The summed E-state index contributed by atoms with van der Waals surface area (Å²) >= 11 is 0. The lowest BCUT2D eigenvalue weighted by Gasteiger charge is -2.15. The minimum absolute atomic E-state index is 0.0373. The molecule has 220 valence electrons. The average Bonchev–Trinajstić information content (AvgIpc) is 3.13. The van der Waals surface area contributed by atoms with Crippen LogP contribution in [0.1, 0.15) is 38.2 Å². The Kier molecular flexibility index (Phi) is 8.47. The molecule has 0 aromatic heterocycles. The van der Waals surface area contributed by atoms with Crippen LogP contribution in [0, 0.1) is 0 Å². The second-order valence-corrected chi connectivity index (χ2v) is 11.7. The van der Waals surface area contributed by atoms with Gasteiger partial charge in [-0.3, -0.25) is 4.79 Å². The van der Waals surface area contributed by atoms with E-state index in [0.29, 0.717) is 11.1 Å². The summed E-state index contributed by atoms with van der Waals surface area (Å²) in [7, 11) is 0. The number of rotatable bonds is 9. The molecule has 0 aliphatic heterocycles. The monoisotopic (exact) mass is 590 g/mol. The summed E-state index contributed by atoms with van der Waals surface area (Å²) in [5, 5.41) is 0. The van der Waals surface area contributed by atoms with E-state index in [0.717, 1.165) is 35.1 Å². The van der Waals surface area contributed by atoms with Crippen molar-refractivity contribution < 1.29 is 4.79 Å². The highest BCUT2D eigenvalue weighted by Gasteiger charge is 2.18. The molecule has 0 fully saturated rings. The second kappa shape index (κ2) is 13.5. The Morgan fingerprint density at radius 3 is 1.22 bits per heavy atom. The molecule has 7 rings (SSSR count). The molecular formula is C45H34O. The maximum absolute atomic E-state index is 14.4. The lowest BCUT2D eigenvalue weighted by Crippen LogP contribution is -2.06. The number of carbonyl (C=O) groups is 1. The molecule has 46 heavy (non-hydrogen) atoms. The van der Waals surface area contributed by atoms with E-state index < -0.39 is 0 Å². The first-order valence-corrected chi connectivity index (χ1v) is 15.8. The van der Waals surface area contributed by atoms with Crippen molar-refractivity contribution in [3.63, 3.8) is 0 Å². The Labute approximate surface area is 271 Å². The summed E-state index contributed by atoms with van der Waals surface area (Å²) < 4.78 is 0. The quantitative estimate of drug-likeness (QED) is 0.153. The van der Waals surface area contributed by atoms with Gasteiger partial charge in [-0.15, -0.1) is 0 Å². The van der Waals surface area contributed by atoms with Gasteiger partial charge in [0.25, 0.3) is 0 Å². The Morgan fingerprint density at radius 1 is 0.370 bits per heavy atom. The molecule has 0 atom stereocenters. The molecule has 0 saturated carbocycles. The van der Waals surface area contributed by atoms with Gasteiger partial charge in [0.15, 0.2) is 5.78 Å². The topological polar surface area (TPSA) is 17.1 Å². The van der Waals surface area contributed by atoms with Crippen molar-refractivity contribution >= 4 is 5.78 Å². The van der Waals surface area contributed by atoms with Crippen molar-refractivity contribution in [2.24, 2.45) is 0 Å². The number of benzene rings is 7. The van der Waals surface area contributed by atoms with Crippen LogP contribution in [0.2, 0.25) is 0 Å². The predicted molar refractivity (Wildman–Crippen MR) is 191 cm³/mol. The molecule has 0 amide bonds. The zero-order valence-electron chi connectivity index (χ0n) is 25.6. The molecule has 0 N–H and O–H groups in total. The first-order valence-electron chi connectivity index (χ1n) is 15.8. The summed E-state index contributed by atoms with van der Waals surface area (Å²) in [6, 6.07) is 62.8. The van der Waals surface area contributed by atoms with E-state index in [1.807, 2.05) is 54.6 Å². The lowest BCUT2D eigenvalue weighted by molar-refractivity contribution is 0.103. The van der Waals surface area contributed by atoms with Crippen LogP contribution in [0.25, 0.3) is 33.4 Å². The largest absolute Gasteiger partial charge is 0.289 e. The number of hydrogen-bond acceptors (Lipinski definition) is 1. The minimum atomic E-state index is 0.0373. The van der Waals surface area contributed by atoms with Gasteiger partial charge >= 0.3 is 0 Å². The maximum Gasteiger partial charge on any atom is 0.193 e. The third-order valence-electron chi connectivity index (χ3n) is 8.56. The first kappa shape index (κ1) is 29.0. The minimum Gasteiger partial charge on any atom is -0.289 e. The molecular weight excluding hydrogens is 556 g/mol. The number of hydrogen-bond donors (Lipinski definition) is 0. The molecule has 0 radical (unpaired) electrons. The summed E-state index contributed by atoms with van der Waals surface area (Å²) in [4.78, 5) is 14.4. The molecule has 0 unspecified atom stereocenters. The van der Waals surface area contributed by atoms with Crippen LogP contribution in [0.4, 0.5) is 0 Å². The van der Waals surface area contributed by atoms with Crippen molar-refractivity contribution in [2.75, 3.05) is 0 Å². The molecule has 0 heterocycles. The fourth-order valence-electron chi connectivity index (χ4n) is 6.39. The Bertz CT molecular complexity index is 1990. The molecule has 0 spiro atoms. The normalized spacial score (nSPS) is 10.9. The summed E-state index contributed by atoms with van der Waals surface area (Å²) in [5.41, 5.74) is 12.9. The summed E-state index contributed by atoms with van der Waals surface area (Å²) in [5.74, 6) is 0.0373. The number of carbonyl (C=O) groups excluding carboxylic acids is 1. The number of ketones is 1. The van der Waals surface area contributed by atoms with Crippen LogP contribution in [-0.4, -0.2) is 5.78 Å². The van der Waals surface area contributed by atoms with Crippen molar-refractivity contribution in [2.45, 2.75) is 12.8 Å². The molecule has 7 aromatic carbocycles. The fraction of sp³-hybridized carbons (Fsp3) is 0.0444. The molecule has 0 aliphatic rings. The third-order valence-corrected chi connectivity index (χ3v) is 8.56. The van der Waals surface area contributed by atoms with Crippen molar-refractivity contribution in [1.82, 2.24) is 0 Å². The zero-order valence-corrected chi connectivity index (χ0v) is 25.6. The Morgan fingerprint density at radius 2 is 0.739 bits per heavy atom. The molecule has 0 aliphatic carbocycles. The van der Waals surface area contributed by atoms with E-state index in [1.165, 1.54) is 33.4 Å². The van der Waals surface area contributed by atoms with Crippen LogP contribution in [0.3, 0.4) is 0 Å². The van der Waals surface area contributed by atoms with Gasteiger partial charge in [-0.1, -0.05) is 170 Å². The predicted octanol–water partition coefficient (Wildman–Crippen LogP) is 11.1. The van der Waals surface area contributed by atoms with Crippen LogP contribution < -0.4 is 0 Å². The van der Waals surface area contributed by atoms with Gasteiger partial charge in [-0.25, -0.2) is 0 Å². The molecule has 0 saturated heterocycles. The lowest BCUT2D eigenvalue weighted by atomic mass is 9.88. The van der Waals surface area contributed by atoms with E-state index in [4.69, 9.17) is 0 Å². The van der Waals surface area contributed by atoms with Gasteiger partial charge in [-0.05, 0) is 80.6 Å². The highest BCUT2D eigenvalue weighted by molar-refractivity contribution is 6.13. The molecule has 7 aromatic rings. The van der Waals surface area contributed by atoms with Crippen molar-refractivity contribution in [3.8, 4) is 33.4 Å². The first-order chi connectivity index (χ1) is 22.7. The van der Waals surface area contributed by atoms with Gasteiger partial charge in [0, 0.05) is 11.1 Å².